The highest BCUT2D eigenvalue weighted by atomic mass is 16.6. The van der Waals surface area contributed by atoms with Crippen LogP contribution in [0.3, 0.4) is 0 Å². The zero-order valence-corrected chi connectivity index (χ0v) is 13.1. The number of benzene rings is 1. The van der Waals surface area contributed by atoms with Crippen molar-refractivity contribution < 1.29 is 14.1 Å². The number of nitrogens with one attached hydrogen (secondary N) is 2. The zero-order chi connectivity index (χ0) is 17.8. The highest BCUT2D eigenvalue weighted by Gasteiger charge is 2.10. The van der Waals surface area contributed by atoms with Crippen molar-refractivity contribution in [3.63, 3.8) is 0 Å². The molecule has 9 heteroatoms. The van der Waals surface area contributed by atoms with E-state index in [0.717, 1.165) is 5.69 Å². The lowest BCUT2D eigenvalue weighted by Crippen LogP contribution is -2.17. The fraction of sp³-hybridized carbons (Fsp3) is 0.0625. The van der Waals surface area contributed by atoms with Crippen LogP contribution in [0.15, 0.2) is 52.0 Å². The van der Waals surface area contributed by atoms with Crippen LogP contribution in [0.5, 0.6) is 0 Å². The van der Waals surface area contributed by atoms with Crippen molar-refractivity contribution in [1.29, 1.82) is 0 Å². The van der Waals surface area contributed by atoms with Crippen LogP contribution in [0.25, 0.3) is 11.3 Å². The third-order valence-electron chi connectivity index (χ3n) is 3.26. The van der Waals surface area contributed by atoms with Crippen LogP contribution >= 0.6 is 0 Å². The van der Waals surface area contributed by atoms with Gasteiger partial charge in [-0.05, 0) is 25.1 Å². The molecule has 3 aromatic rings. The van der Waals surface area contributed by atoms with Gasteiger partial charge >= 0.3 is 0 Å². The van der Waals surface area contributed by atoms with Gasteiger partial charge in [0.25, 0.3) is 11.6 Å². The summed E-state index contributed by atoms with van der Waals surface area (Å²) in [6.07, 6.45) is 1.33. The van der Waals surface area contributed by atoms with Gasteiger partial charge in [-0.2, -0.15) is 10.2 Å². The molecule has 0 radical (unpaired) electrons. The number of carbonyl (C=O) groups excluding carboxylic acids is 1. The van der Waals surface area contributed by atoms with Gasteiger partial charge in [-0.15, -0.1) is 0 Å². The first-order valence-corrected chi connectivity index (χ1v) is 7.23. The predicted octanol–water partition coefficient (Wildman–Crippen LogP) is 2.65. The number of nitrogens with zero attached hydrogens (tertiary/aromatic N) is 3. The number of aromatic amines is 1. The maximum Gasteiger partial charge on any atom is 0.291 e. The van der Waals surface area contributed by atoms with E-state index < -0.39 is 10.8 Å². The number of hydrogen-bond donors (Lipinski definition) is 2. The molecule has 2 N–H and O–H groups in total. The van der Waals surface area contributed by atoms with E-state index in [1.54, 1.807) is 37.3 Å². The Labute approximate surface area is 141 Å². The van der Waals surface area contributed by atoms with Gasteiger partial charge < -0.3 is 4.42 Å². The second kappa shape index (κ2) is 6.79. The minimum Gasteiger partial charge on any atom is -0.455 e. The number of aryl methyl sites for hydroxylation is 1. The Balaban J connectivity index is 1.68. The molecule has 25 heavy (non-hydrogen) atoms. The van der Waals surface area contributed by atoms with Gasteiger partial charge in [-0.3, -0.25) is 20.0 Å². The molecule has 1 aromatic carbocycles. The normalized spacial score (nSPS) is 10.9. The number of hydrazone groups is 1. The first kappa shape index (κ1) is 16.1. The first-order chi connectivity index (χ1) is 12.0. The summed E-state index contributed by atoms with van der Waals surface area (Å²) >= 11 is 0. The Kier molecular flexibility index (Phi) is 4.38. The van der Waals surface area contributed by atoms with E-state index >= 15 is 0 Å². The van der Waals surface area contributed by atoms with E-state index in [-0.39, 0.29) is 11.4 Å². The van der Waals surface area contributed by atoms with Gasteiger partial charge in [0.15, 0.2) is 5.69 Å². The number of nitro benzene ring substituents is 1. The number of non-ortho nitro benzene ring substituents is 1. The molecule has 3 rings (SSSR count). The molecule has 0 unspecified atom stereocenters. The molecule has 0 aliphatic rings. The molecule has 1 amide bonds. The van der Waals surface area contributed by atoms with Crippen molar-refractivity contribution in [2.75, 3.05) is 0 Å². The molecule has 0 fully saturated rings. The summed E-state index contributed by atoms with van der Waals surface area (Å²) in [5.74, 6) is 0.394. The summed E-state index contributed by atoms with van der Waals surface area (Å²) in [7, 11) is 0. The third kappa shape index (κ3) is 3.78. The van der Waals surface area contributed by atoms with Gasteiger partial charge in [-0.25, -0.2) is 5.43 Å². The average Bonchev–Trinajstić information content (AvgIpc) is 3.24. The molecule has 0 saturated heterocycles. The predicted molar refractivity (Wildman–Crippen MR) is 89.2 cm³/mol. The quantitative estimate of drug-likeness (QED) is 0.420. The second-order valence-corrected chi connectivity index (χ2v) is 5.14. The molecule has 126 valence electrons. The van der Waals surface area contributed by atoms with Crippen molar-refractivity contribution in [2.45, 2.75) is 6.92 Å². The molecule has 2 heterocycles. The van der Waals surface area contributed by atoms with Crippen molar-refractivity contribution >= 4 is 17.8 Å². The SMILES string of the molecule is Cc1cc(C(=O)NN=Cc2ccc(-c3cccc([N+](=O)[O-])c3)o2)n[nH]1. The average molecular weight is 339 g/mol. The lowest BCUT2D eigenvalue weighted by atomic mass is 10.1. The molecule has 0 atom stereocenters. The van der Waals surface area contributed by atoms with Crippen LogP contribution in [-0.2, 0) is 0 Å². The van der Waals surface area contributed by atoms with E-state index in [0.29, 0.717) is 17.1 Å². The van der Waals surface area contributed by atoms with Gasteiger partial charge in [0.2, 0.25) is 0 Å². The minimum atomic E-state index is -0.471. The Morgan fingerprint density at radius 3 is 2.92 bits per heavy atom. The standard InChI is InChI=1S/C16H13N5O4/c1-10-7-14(19-18-10)16(22)20-17-9-13-5-6-15(25-13)11-3-2-4-12(8-11)21(23)24/h2-9H,1H3,(H,18,19)(H,20,22). The summed E-state index contributed by atoms with van der Waals surface area (Å²) in [6, 6.07) is 11.0. The number of carbonyl (C=O) groups is 1. The van der Waals surface area contributed by atoms with Gasteiger partial charge in [0.1, 0.15) is 11.5 Å². The van der Waals surface area contributed by atoms with Crippen LogP contribution in [0.1, 0.15) is 21.9 Å². The Morgan fingerprint density at radius 1 is 1.36 bits per heavy atom. The number of aromatic nitrogens is 2. The molecule has 2 aromatic heterocycles. The van der Waals surface area contributed by atoms with Crippen LogP contribution in [0.4, 0.5) is 5.69 Å². The summed E-state index contributed by atoms with van der Waals surface area (Å²) < 4.78 is 5.55. The molecule has 0 bridgehead atoms. The monoisotopic (exact) mass is 339 g/mol. The minimum absolute atomic E-state index is 0.0225. The van der Waals surface area contributed by atoms with E-state index in [9.17, 15) is 14.9 Å². The fourth-order valence-electron chi connectivity index (χ4n) is 2.10. The number of rotatable bonds is 5. The Morgan fingerprint density at radius 2 is 2.20 bits per heavy atom. The Hall–Kier alpha value is -3.75. The van der Waals surface area contributed by atoms with Crippen molar-refractivity contribution in [3.05, 3.63) is 69.7 Å². The van der Waals surface area contributed by atoms with Crippen LogP contribution in [0.2, 0.25) is 0 Å². The van der Waals surface area contributed by atoms with E-state index in [4.69, 9.17) is 4.42 Å². The van der Waals surface area contributed by atoms with Crippen LogP contribution in [-0.4, -0.2) is 27.2 Å². The highest BCUT2D eigenvalue weighted by molar-refractivity contribution is 5.93. The van der Waals surface area contributed by atoms with Gasteiger partial charge in [-0.1, -0.05) is 12.1 Å². The fourth-order valence-corrected chi connectivity index (χ4v) is 2.10. The Bertz CT molecular complexity index is 957. The maximum absolute atomic E-state index is 11.8. The summed E-state index contributed by atoms with van der Waals surface area (Å²) in [6.45, 7) is 1.78. The summed E-state index contributed by atoms with van der Waals surface area (Å²) in [4.78, 5) is 22.1. The van der Waals surface area contributed by atoms with E-state index in [2.05, 4.69) is 20.7 Å². The van der Waals surface area contributed by atoms with Gasteiger partial charge in [0.05, 0.1) is 11.1 Å². The van der Waals surface area contributed by atoms with Crippen molar-refractivity contribution in [1.82, 2.24) is 15.6 Å². The molecule has 0 aliphatic heterocycles. The lowest BCUT2D eigenvalue weighted by Gasteiger charge is -1.97. The lowest BCUT2D eigenvalue weighted by molar-refractivity contribution is -0.384. The molecule has 0 saturated carbocycles. The number of hydrogen-bond acceptors (Lipinski definition) is 6. The summed E-state index contributed by atoms with van der Waals surface area (Å²) in [5, 5.41) is 21.1. The zero-order valence-electron chi connectivity index (χ0n) is 13.1. The molecule has 9 nitrogen and oxygen atoms in total. The van der Waals surface area contributed by atoms with Gasteiger partial charge in [0, 0.05) is 23.4 Å². The van der Waals surface area contributed by atoms with Crippen molar-refractivity contribution in [3.8, 4) is 11.3 Å². The number of H-pyrrole nitrogens is 1. The first-order valence-electron chi connectivity index (χ1n) is 7.23. The van der Waals surface area contributed by atoms with E-state index in [1.807, 2.05) is 0 Å². The number of amides is 1. The van der Waals surface area contributed by atoms with Crippen LogP contribution < -0.4 is 5.43 Å². The van der Waals surface area contributed by atoms with Crippen LogP contribution in [0, 0.1) is 17.0 Å². The topological polar surface area (TPSA) is 126 Å². The number of nitro groups is 1. The molecule has 0 spiro atoms. The smallest absolute Gasteiger partial charge is 0.291 e. The van der Waals surface area contributed by atoms with Crippen molar-refractivity contribution in [2.24, 2.45) is 5.10 Å². The maximum atomic E-state index is 11.8. The largest absolute Gasteiger partial charge is 0.455 e. The van der Waals surface area contributed by atoms with E-state index in [1.165, 1.54) is 18.3 Å². The third-order valence-corrected chi connectivity index (χ3v) is 3.26. The highest BCUT2D eigenvalue weighted by Crippen LogP contribution is 2.25. The molecular formula is C16H13N5O4. The molecule has 0 aliphatic carbocycles. The molecular weight excluding hydrogens is 326 g/mol. The second-order valence-electron chi connectivity index (χ2n) is 5.14. The number of furan rings is 1. The summed E-state index contributed by atoms with van der Waals surface area (Å²) in [5.41, 5.74) is 3.88.